The number of para-hydroxylation sites is 1. The van der Waals surface area contributed by atoms with Crippen molar-refractivity contribution in [2.24, 2.45) is 18.9 Å². The summed E-state index contributed by atoms with van der Waals surface area (Å²) in [7, 11) is 7.66. The van der Waals surface area contributed by atoms with Crippen molar-refractivity contribution < 1.29 is 66.9 Å². The molecule has 0 aliphatic carbocycles. The fourth-order valence-electron chi connectivity index (χ4n) is 9.07. The Bertz CT molecular complexity index is 2680. The number of benzene rings is 2. The molecule has 80 heavy (non-hydrogen) atoms. The molecule has 3 aromatic rings. The van der Waals surface area contributed by atoms with E-state index in [9.17, 15) is 47.9 Å². The lowest BCUT2D eigenvalue weighted by atomic mass is 9.76. The summed E-state index contributed by atoms with van der Waals surface area (Å²) >= 11 is 0. The minimum absolute atomic E-state index is 0.0108. The van der Waals surface area contributed by atoms with E-state index in [2.05, 4.69) is 31.9 Å². The number of ether oxygens (including phenoxy) is 4. The van der Waals surface area contributed by atoms with Crippen LogP contribution in [0.2, 0.25) is 0 Å². The van der Waals surface area contributed by atoms with Crippen molar-refractivity contribution in [2.45, 2.75) is 130 Å². The lowest BCUT2D eigenvalue weighted by Crippen LogP contribution is -2.58. The molecule has 5 atom stereocenters. The van der Waals surface area contributed by atoms with Crippen LogP contribution in [0, 0.1) is 11.8 Å². The van der Waals surface area contributed by atoms with Gasteiger partial charge in [-0.25, -0.2) is 9.59 Å². The van der Waals surface area contributed by atoms with Crippen LogP contribution in [0.5, 0.6) is 0 Å². The van der Waals surface area contributed by atoms with Gasteiger partial charge in [-0.15, -0.1) is 0 Å². The molecule has 0 bridgehead atoms. The maximum Gasteiger partial charge on any atom is 0.410 e. The van der Waals surface area contributed by atoms with Gasteiger partial charge in [-0.2, -0.15) is 0 Å². The van der Waals surface area contributed by atoms with Gasteiger partial charge in [-0.1, -0.05) is 78.0 Å². The van der Waals surface area contributed by atoms with Gasteiger partial charge in [0.15, 0.2) is 0 Å². The normalized spacial score (nSPS) is 13.4. The summed E-state index contributed by atoms with van der Waals surface area (Å²) in [5.41, 5.74) is 1.64. The van der Waals surface area contributed by atoms with Gasteiger partial charge >= 0.3 is 24.0 Å². The molecule has 0 fully saturated rings. The van der Waals surface area contributed by atoms with Gasteiger partial charge in [0.1, 0.15) is 24.7 Å². The number of carbonyl (C=O) groups excluding carboxylic acids is 10. The molecule has 2 aromatic carbocycles. The minimum atomic E-state index is -1.36. The smallest absolute Gasteiger partial charge is 0.410 e. The van der Waals surface area contributed by atoms with Gasteiger partial charge in [0.05, 0.1) is 45.5 Å². The Morgan fingerprint density at radius 1 is 0.725 bits per heavy atom. The van der Waals surface area contributed by atoms with Crippen LogP contribution in [0.3, 0.4) is 0 Å². The highest BCUT2D eigenvalue weighted by atomic mass is 16.6. The minimum Gasteiger partial charge on any atom is -0.469 e. The first-order chi connectivity index (χ1) is 37.7. The van der Waals surface area contributed by atoms with Gasteiger partial charge in [-0.3, -0.25) is 43.3 Å². The second-order valence-electron chi connectivity index (χ2n) is 20.5. The molecule has 0 aliphatic heterocycles. The van der Waals surface area contributed by atoms with Crippen molar-refractivity contribution >= 4 is 76.0 Å². The van der Waals surface area contributed by atoms with Crippen LogP contribution in [0.4, 0.5) is 10.5 Å². The summed E-state index contributed by atoms with van der Waals surface area (Å²) < 4.78 is 22.5. The second kappa shape index (κ2) is 31.7. The van der Waals surface area contributed by atoms with Gasteiger partial charge in [0, 0.05) is 67.8 Å². The highest BCUT2D eigenvalue weighted by Gasteiger charge is 2.44. The number of likely N-dealkylation sites (N-methyl/N-ethyl adjacent to an activating group) is 3. The van der Waals surface area contributed by atoms with Crippen molar-refractivity contribution in [1.82, 2.24) is 41.0 Å². The molecular formula is C57H83N9O14. The van der Waals surface area contributed by atoms with E-state index in [1.807, 2.05) is 83.6 Å². The highest BCUT2D eigenvalue weighted by Crippen LogP contribution is 2.36. The summed E-state index contributed by atoms with van der Waals surface area (Å²) in [5, 5.41) is 17.0. The number of aryl methyl sites for hydroxylation is 1. The van der Waals surface area contributed by atoms with Crippen LogP contribution in [0.25, 0.3) is 10.9 Å². The molecule has 1 aromatic heterocycles. The molecule has 23 nitrogen and oxygen atoms in total. The molecule has 0 aliphatic rings. The van der Waals surface area contributed by atoms with Crippen LogP contribution >= 0.6 is 0 Å². The van der Waals surface area contributed by atoms with Gasteiger partial charge in [-0.05, 0) is 81.8 Å². The Labute approximate surface area is 468 Å². The molecule has 0 saturated heterocycles. The number of fused-ring (bicyclic) bond motifs is 1. The van der Waals surface area contributed by atoms with Crippen LogP contribution in [-0.4, -0.2) is 159 Å². The third-order valence-electron chi connectivity index (χ3n) is 13.5. The first kappa shape index (κ1) is 66.5. The molecule has 440 valence electrons. The quantitative estimate of drug-likeness (QED) is 0.0315. The predicted molar refractivity (Wildman–Crippen MR) is 299 cm³/mol. The summed E-state index contributed by atoms with van der Waals surface area (Å²) in [6.45, 7) is 14.9. The van der Waals surface area contributed by atoms with Crippen molar-refractivity contribution in [3.63, 3.8) is 0 Å². The lowest BCUT2D eigenvalue weighted by Gasteiger charge is -2.39. The number of carbonyl (C=O) groups is 10. The van der Waals surface area contributed by atoms with E-state index in [0.29, 0.717) is 11.3 Å². The number of anilines is 1. The van der Waals surface area contributed by atoms with Gasteiger partial charge in [0.25, 0.3) is 0 Å². The van der Waals surface area contributed by atoms with Crippen molar-refractivity contribution in [3.8, 4) is 0 Å². The van der Waals surface area contributed by atoms with Gasteiger partial charge < -0.3 is 60.3 Å². The molecule has 6 N–H and O–H groups in total. The van der Waals surface area contributed by atoms with Crippen LogP contribution < -0.4 is 31.9 Å². The van der Waals surface area contributed by atoms with Crippen molar-refractivity contribution in [3.05, 3.63) is 77.5 Å². The number of methoxy groups -OCH3 is 1. The third kappa shape index (κ3) is 19.2. The first-order valence-corrected chi connectivity index (χ1v) is 26.7. The zero-order chi connectivity index (χ0) is 60.0. The number of hydrogen-bond acceptors (Lipinski definition) is 15. The third-order valence-corrected chi connectivity index (χ3v) is 13.5. The lowest BCUT2D eigenvalue weighted by molar-refractivity contribution is -0.149. The van der Waals surface area contributed by atoms with Crippen LogP contribution in [0.1, 0.15) is 99.1 Å². The Balaban J connectivity index is 1.83. The molecule has 1 heterocycles. The Morgan fingerprint density at radius 2 is 1.34 bits per heavy atom. The van der Waals surface area contributed by atoms with Crippen LogP contribution in [0.15, 0.2) is 66.4 Å². The number of esters is 3. The molecular weight excluding hydrogens is 1030 g/mol. The Hall–Kier alpha value is -7.82. The SMILES string of the molecule is CCOC(=O)CCC(NC(=O)C(CCC(=O)OC)NC(=O)/C(C)=C/C(C(C)C)N(C)C(=O)CNC(=O)C(N(C)C(=O)OCc1ccc(NC(=O)CNC(=O)C(NC)C(C)C)cc1)C(C)(C)c1cn(C)c2ccccc12)C(=O)OCC. The monoisotopic (exact) mass is 1120 g/mol. The molecule has 23 heteroatoms. The van der Waals surface area contributed by atoms with Crippen LogP contribution in [-0.2, 0) is 81.2 Å². The maximum atomic E-state index is 14.6. The Morgan fingerprint density at radius 3 is 1.94 bits per heavy atom. The summed E-state index contributed by atoms with van der Waals surface area (Å²) in [5.74, 6) is -5.85. The summed E-state index contributed by atoms with van der Waals surface area (Å²) in [6, 6.07) is 9.10. The topological polar surface area (TPSA) is 291 Å². The van der Waals surface area contributed by atoms with E-state index in [0.717, 1.165) is 16.5 Å². The van der Waals surface area contributed by atoms with E-state index in [4.69, 9.17) is 18.9 Å². The fourth-order valence-corrected chi connectivity index (χ4v) is 9.07. The molecule has 0 saturated carbocycles. The molecule has 0 radical (unpaired) electrons. The van der Waals surface area contributed by atoms with E-state index < -0.39 is 95.7 Å². The standard InChI is InChI=1S/C57H83N9O14/c1-15-78-48(70)28-26-42(55(75)79-16-2)63-52(72)41(25-27-47(69)77-14)62-51(71)36(7)29-44(34(3)4)65(12)46(68)31-60-54(74)50(57(8,9)40-32-64(11)43-20-18-17-19-39(40)43)66(13)56(76)80-33-37-21-23-38(24-22-37)61-45(67)30-59-53(73)49(58-10)35(5)6/h17-24,29,32,34-35,41-42,44,49-50,58H,15-16,25-28,30-31,33H2,1-14H3,(H,59,73)(H,60,74)(H,61,67)(H,62,71)(H,63,72)/b36-29+. The number of rotatable bonds is 30. The second-order valence-corrected chi connectivity index (χ2v) is 20.5. The highest BCUT2D eigenvalue weighted by molar-refractivity contribution is 5.98. The van der Waals surface area contributed by atoms with Gasteiger partial charge in [0.2, 0.25) is 35.4 Å². The first-order valence-electron chi connectivity index (χ1n) is 26.7. The Kier molecular flexibility index (Phi) is 26.3. The van der Waals surface area contributed by atoms with E-state index >= 15 is 0 Å². The van der Waals surface area contributed by atoms with E-state index in [1.165, 1.54) is 44.0 Å². The number of hydrogen-bond donors (Lipinski definition) is 6. The molecule has 3 rings (SSSR count). The molecule has 0 spiro atoms. The molecule has 5 unspecified atom stereocenters. The van der Waals surface area contributed by atoms with E-state index in [1.54, 1.807) is 45.2 Å². The average Bonchev–Trinajstić information content (AvgIpc) is 3.80. The van der Waals surface area contributed by atoms with E-state index in [-0.39, 0.29) is 75.4 Å². The number of aromatic nitrogens is 1. The zero-order valence-corrected chi connectivity index (χ0v) is 48.7. The molecule has 7 amide bonds. The fraction of sp³-hybridized carbons (Fsp3) is 0.544. The van der Waals surface area contributed by atoms with Crippen molar-refractivity contribution in [1.29, 1.82) is 0 Å². The number of nitrogens with zero attached hydrogens (tertiary/aromatic N) is 3. The zero-order valence-electron chi connectivity index (χ0n) is 48.7. The predicted octanol–water partition coefficient (Wildman–Crippen LogP) is 3.77. The van der Waals surface area contributed by atoms with Crippen molar-refractivity contribution in [2.75, 3.05) is 59.9 Å². The largest absolute Gasteiger partial charge is 0.469 e. The number of amides is 7. The maximum absolute atomic E-state index is 14.6. The average molecular weight is 1120 g/mol. The summed E-state index contributed by atoms with van der Waals surface area (Å²) in [4.78, 5) is 135. The number of nitrogens with one attached hydrogen (secondary N) is 6. The summed E-state index contributed by atoms with van der Waals surface area (Å²) in [6.07, 6.45) is 1.71.